The molecule has 4 aromatic rings. The van der Waals surface area contributed by atoms with Crippen molar-refractivity contribution in [1.82, 2.24) is 19.9 Å². The van der Waals surface area contributed by atoms with Crippen LogP contribution in [0.5, 0.6) is 0 Å². The molecule has 240 valence electrons. The second-order valence-electron chi connectivity index (χ2n) is 12.5. The first-order chi connectivity index (χ1) is 21.6. The third-order valence-corrected chi connectivity index (χ3v) is 8.92. The highest BCUT2D eigenvalue weighted by Gasteiger charge is 2.27. The molecule has 2 aromatic heterocycles. The number of aromatic amines is 1. The largest absolute Gasteiger partial charge is 0.388 e. The molecule has 2 heterocycles. The van der Waals surface area contributed by atoms with Gasteiger partial charge in [0.2, 0.25) is 0 Å². The number of fused-ring (bicyclic) bond motifs is 1. The number of halogens is 2. The predicted molar refractivity (Wildman–Crippen MR) is 183 cm³/mol. The molecule has 0 saturated heterocycles. The highest BCUT2D eigenvalue weighted by Crippen LogP contribution is 2.34. The number of H-pyrrole nitrogens is 1. The summed E-state index contributed by atoms with van der Waals surface area (Å²) in [6.07, 6.45) is 9.73. The number of aromatic nitrogens is 3. The van der Waals surface area contributed by atoms with Gasteiger partial charge in [0, 0.05) is 29.2 Å². The molecule has 1 aliphatic rings. The highest BCUT2D eigenvalue weighted by molar-refractivity contribution is 6.31. The Hall–Kier alpha value is -3.53. The number of nitrogens with two attached hydrogens (primary N) is 2. The van der Waals surface area contributed by atoms with E-state index >= 15 is 4.39 Å². The van der Waals surface area contributed by atoms with E-state index in [1.54, 1.807) is 12.3 Å². The van der Waals surface area contributed by atoms with Crippen LogP contribution in [0.15, 0.2) is 58.4 Å². The second kappa shape index (κ2) is 14.7. The van der Waals surface area contributed by atoms with Gasteiger partial charge in [0.25, 0.3) is 0 Å². The van der Waals surface area contributed by atoms with Gasteiger partial charge in [-0.3, -0.25) is 9.56 Å². The Morgan fingerprint density at radius 1 is 1.20 bits per heavy atom. The van der Waals surface area contributed by atoms with E-state index in [0.717, 1.165) is 56.2 Å². The summed E-state index contributed by atoms with van der Waals surface area (Å²) < 4.78 is 16.8. The molecule has 3 unspecified atom stereocenters. The molecule has 0 amide bonds. The molecule has 1 aliphatic carbocycles. The van der Waals surface area contributed by atoms with Gasteiger partial charge in [0.15, 0.2) is 5.82 Å². The number of nitrogens with zero attached hydrogens (tertiary/aromatic N) is 3. The molecule has 0 radical (unpaired) electrons. The molecule has 3 atom stereocenters. The number of aryl methyl sites for hydroxylation is 1. The van der Waals surface area contributed by atoms with Crippen LogP contribution in [0, 0.1) is 11.7 Å². The lowest BCUT2D eigenvalue weighted by molar-refractivity contribution is 0.474. The summed E-state index contributed by atoms with van der Waals surface area (Å²) in [7, 11) is 0. The SMILES string of the molecule is CCCC(NCCC(C)N=C(C)N)c1ccc(-n2cc3cc(-c4cc(CCCC(N)C5CC5)cc(Cl)c4F)[nH]c3nc2=O)cc1. The van der Waals surface area contributed by atoms with Crippen molar-refractivity contribution in [2.75, 3.05) is 6.54 Å². The Kier molecular flexibility index (Phi) is 10.7. The van der Waals surface area contributed by atoms with Crippen LogP contribution >= 0.6 is 11.6 Å². The van der Waals surface area contributed by atoms with Crippen LogP contribution in [0.4, 0.5) is 4.39 Å². The first-order valence-corrected chi connectivity index (χ1v) is 16.5. The standard InChI is InChI=1S/C35H45ClFN7O/c1-4-6-31(40-16-15-21(2)41-22(3)38)25-11-13-27(14-12-25)44-20-26-19-32(42-34(26)43-35(44)45)28-17-23(18-29(36)33(28)37)7-5-8-30(39)24-9-10-24/h11-14,17-21,24,30-31,40H,4-10,15-16,39H2,1-3H3,(H2,38,41)(H,42,43,45). The van der Waals surface area contributed by atoms with Crippen LogP contribution in [-0.2, 0) is 6.42 Å². The summed E-state index contributed by atoms with van der Waals surface area (Å²) in [6, 6.07) is 13.9. The minimum absolute atomic E-state index is 0.0739. The first kappa shape index (κ1) is 32.9. The van der Waals surface area contributed by atoms with E-state index in [0.29, 0.717) is 39.7 Å². The number of nitrogens with one attached hydrogen (secondary N) is 2. The molecule has 2 aromatic carbocycles. The van der Waals surface area contributed by atoms with Crippen LogP contribution in [-0.4, -0.2) is 39.0 Å². The average molecular weight is 634 g/mol. The zero-order valence-electron chi connectivity index (χ0n) is 26.5. The Morgan fingerprint density at radius 2 is 1.96 bits per heavy atom. The summed E-state index contributed by atoms with van der Waals surface area (Å²) in [6.45, 7) is 6.86. The van der Waals surface area contributed by atoms with Crippen molar-refractivity contribution in [3.05, 3.63) is 81.1 Å². The second-order valence-corrected chi connectivity index (χ2v) is 12.9. The van der Waals surface area contributed by atoms with Gasteiger partial charge >= 0.3 is 5.69 Å². The zero-order chi connectivity index (χ0) is 32.1. The minimum atomic E-state index is -0.501. The lowest BCUT2D eigenvalue weighted by Gasteiger charge is -2.20. The Labute approximate surface area is 269 Å². The number of hydrogen-bond acceptors (Lipinski definition) is 5. The molecule has 8 nitrogen and oxygen atoms in total. The summed E-state index contributed by atoms with van der Waals surface area (Å²) in [5, 5.41) is 4.42. The normalized spacial score (nSPS) is 15.8. The van der Waals surface area contributed by atoms with E-state index in [2.05, 4.69) is 34.1 Å². The van der Waals surface area contributed by atoms with Crippen LogP contribution in [0.1, 0.15) is 82.9 Å². The topological polar surface area (TPSA) is 127 Å². The van der Waals surface area contributed by atoms with Crippen molar-refractivity contribution in [1.29, 1.82) is 0 Å². The van der Waals surface area contributed by atoms with E-state index in [4.69, 9.17) is 23.1 Å². The van der Waals surface area contributed by atoms with Crippen LogP contribution in [0.25, 0.3) is 28.0 Å². The van der Waals surface area contributed by atoms with Crippen LogP contribution < -0.4 is 22.5 Å². The van der Waals surface area contributed by atoms with Gasteiger partial charge in [-0.25, -0.2) is 9.18 Å². The van der Waals surface area contributed by atoms with E-state index < -0.39 is 11.5 Å². The average Bonchev–Trinajstić information content (AvgIpc) is 3.78. The van der Waals surface area contributed by atoms with Gasteiger partial charge in [0.1, 0.15) is 5.65 Å². The van der Waals surface area contributed by atoms with E-state index in [1.807, 2.05) is 43.3 Å². The van der Waals surface area contributed by atoms with Crippen LogP contribution in [0.2, 0.25) is 5.02 Å². The van der Waals surface area contributed by atoms with Gasteiger partial charge in [-0.2, -0.15) is 4.98 Å². The van der Waals surface area contributed by atoms with Gasteiger partial charge in [0.05, 0.1) is 28.3 Å². The predicted octanol–water partition coefficient (Wildman–Crippen LogP) is 6.82. The molecule has 1 saturated carbocycles. The molecule has 0 bridgehead atoms. The van der Waals surface area contributed by atoms with Crippen molar-refractivity contribution < 1.29 is 4.39 Å². The van der Waals surface area contributed by atoms with Crippen molar-refractivity contribution in [3.8, 4) is 16.9 Å². The van der Waals surface area contributed by atoms with Crippen molar-refractivity contribution in [3.63, 3.8) is 0 Å². The van der Waals surface area contributed by atoms with Crippen molar-refractivity contribution in [2.24, 2.45) is 22.4 Å². The highest BCUT2D eigenvalue weighted by atomic mass is 35.5. The fourth-order valence-electron chi connectivity index (χ4n) is 6.03. The number of rotatable bonds is 15. The fraction of sp³-hybridized carbons (Fsp3) is 0.457. The first-order valence-electron chi connectivity index (χ1n) is 16.1. The smallest absolute Gasteiger partial charge is 0.354 e. The third kappa shape index (κ3) is 8.39. The maximum atomic E-state index is 15.2. The molecule has 6 N–H and O–H groups in total. The molecular weight excluding hydrogens is 589 g/mol. The Balaban J connectivity index is 1.33. The fourth-order valence-corrected chi connectivity index (χ4v) is 6.28. The Morgan fingerprint density at radius 3 is 2.64 bits per heavy atom. The number of hydrogen-bond donors (Lipinski definition) is 4. The number of amidine groups is 1. The number of aliphatic imine (C=N–C) groups is 1. The molecule has 45 heavy (non-hydrogen) atoms. The maximum absolute atomic E-state index is 15.2. The van der Waals surface area contributed by atoms with Gasteiger partial charge < -0.3 is 21.8 Å². The molecule has 0 aliphatic heterocycles. The Bertz CT molecular complexity index is 1690. The maximum Gasteiger partial charge on any atom is 0.354 e. The lowest BCUT2D eigenvalue weighted by Crippen LogP contribution is -2.25. The van der Waals surface area contributed by atoms with Gasteiger partial charge in [-0.1, -0.05) is 37.1 Å². The van der Waals surface area contributed by atoms with Gasteiger partial charge in [-0.05, 0) is 113 Å². The van der Waals surface area contributed by atoms with Crippen LogP contribution in [0.3, 0.4) is 0 Å². The summed E-state index contributed by atoms with van der Waals surface area (Å²) in [5.74, 6) is 0.756. The summed E-state index contributed by atoms with van der Waals surface area (Å²) in [4.78, 5) is 24.9. The molecular formula is C35H45ClFN7O. The van der Waals surface area contributed by atoms with E-state index in [1.165, 1.54) is 17.4 Å². The van der Waals surface area contributed by atoms with E-state index in [-0.39, 0.29) is 23.1 Å². The van der Waals surface area contributed by atoms with Crippen molar-refractivity contribution >= 4 is 28.5 Å². The lowest BCUT2D eigenvalue weighted by atomic mass is 10.00. The van der Waals surface area contributed by atoms with E-state index in [9.17, 15) is 4.79 Å². The molecule has 1 fully saturated rings. The molecule has 10 heteroatoms. The molecule has 0 spiro atoms. The zero-order valence-corrected chi connectivity index (χ0v) is 27.2. The monoisotopic (exact) mass is 633 g/mol. The molecule has 5 rings (SSSR count). The van der Waals surface area contributed by atoms with Gasteiger partial charge in [-0.15, -0.1) is 0 Å². The quantitative estimate of drug-likeness (QED) is 0.0844. The summed E-state index contributed by atoms with van der Waals surface area (Å²) >= 11 is 6.32. The minimum Gasteiger partial charge on any atom is -0.388 e. The number of benzene rings is 2. The van der Waals surface area contributed by atoms with Crippen molar-refractivity contribution in [2.45, 2.75) is 90.3 Å². The summed E-state index contributed by atoms with van der Waals surface area (Å²) in [5.41, 5.74) is 15.7. The third-order valence-electron chi connectivity index (χ3n) is 8.64.